The minimum atomic E-state index is -1.94. The first kappa shape index (κ1) is 65.0. The molecule has 0 aromatic heterocycles. The predicted molar refractivity (Wildman–Crippen MR) is 260 cm³/mol. The highest BCUT2D eigenvalue weighted by atomic mass is 16.4. The van der Waals surface area contributed by atoms with Crippen molar-refractivity contribution < 1.29 is 87.2 Å². The van der Waals surface area contributed by atoms with Gasteiger partial charge in [-0.25, -0.2) is 0 Å². The van der Waals surface area contributed by atoms with Gasteiger partial charge in [0.2, 0.25) is 76.8 Å². The van der Waals surface area contributed by atoms with Gasteiger partial charge in [-0.3, -0.25) is 71.9 Å². The van der Waals surface area contributed by atoms with E-state index in [1.807, 2.05) is 0 Å². The van der Waals surface area contributed by atoms with Crippen molar-refractivity contribution in [2.24, 2.45) is 23.3 Å². The number of hydrogen-bond acceptors (Lipinski definition) is 17. The number of phenolic OH excluding ortho intramolecular Hbond substituents is 1. The van der Waals surface area contributed by atoms with E-state index >= 15 is 0 Å². The van der Waals surface area contributed by atoms with Crippen LogP contribution in [0, 0.1) is 11.8 Å². The van der Waals surface area contributed by atoms with Crippen molar-refractivity contribution in [3.05, 3.63) is 29.8 Å². The minimum absolute atomic E-state index is 0.153. The second kappa shape index (κ2) is 33.7. The van der Waals surface area contributed by atoms with Gasteiger partial charge in [0.25, 0.3) is 0 Å². The van der Waals surface area contributed by atoms with Gasteiger partial charge in [-0.05, 0) is 36.0 Å². The van der Waals surface area contributed by atoms with Gasteiger partial charge in [0.15, 0.2) is 0 Å². The molecule has 13 amide bonds. The van der Waals surface area contributed by atoms with Gasteiger partial charge in [0.1, 0.15) is 42.5 Å². The maximum Gasteiger partial charge on any atom is 0.322 e. The van der Waals surface area contributed by atoms with E-state index in [4.69, 9.17) is 16.6 Å². The van der Waals surface area contributed by atoms with Crippen LogP contribution in [0.1, 0.15) is 52.5 Å². The molecule has 0 unspecified atom stereocenters. The first-order valence-electron chi connectivity index (χ1n) is 23.2. The summed E-state index contributed by atoms with van der Waals surface area (Å²) >= 11 is 0. The van der Waals surface area contributed by atoms with E-state index in [1.54, 1.807) is 27.7 Å². The van der Waals surface area contributed by atoms with Crippen molar-refractivity contribution in [1.82, 2.24) is 63.8 Å². The molecule has 1 aromatic carbocycles. The van der Waals surface area contributed by atoms with Crippen molar-refractivity contribution in [1.29, 1.82) is 0 Å². The number of primary amides is 1. The zero-order valence-corrected chi connectivity index (χ0v) is 42.0. The van der Waals surface area contributed by atoms with Gasteiger partial charge < -0.3 is 90.6 Å². The summed E-state index contributed by atoms with van der Waals surface area (Å²) in [4.78, 5) is 187. The summed E-state index contributed by atoms with van der Waals surface area (Å²) in [6.07, 6.45) is -2.41. The summed E-state index contributed by atoms with van der Waals surface area (Å²) in [5, 5.41) is 55.0. The molecular weight excluding hydrogens is 1010 g/mol. The van der Waals surface area contributed by atoms with Crippen molar-refractivity contribution in [3.63, 3.8) is 0 Å². The number of carbonyl (C=O) groups is 15. The molecule has 0 bridgehead atoms. The highest BCUT2D eigenvalue weighted by Crippen LogP contribution is 2.13. The molecule has 32 heteroatoms. The van der Waals surface area contributed by atoms with Crippen LogP contribution in [0.4, 0.5) is 0 Å². The van der Waals surface area contributed by atoms with Crippen LogP contribution in [0.15, 0.2) is 24.3 Å². The van der Waals surface area contributed by atoms with Gasteiger partial charge >= 0.3 is 11.9 Å². The van der Waals surface area contributed by atoms with E-state index in [0.717, 1.165) is 0 Å². The Morgan fingerprint density at radius 1 is 0.447 bits per heavy atom. The highest BCUT2D eigenvalue weighted by molar-refractivity contribution is 5.99. The van der Waals surface area contributed by atoms with Crippen molar-refractivity contribution in [2.45, 2.75) is 83.6 Å². The molecule has 0 aliphatic carbocycles. The molecule has 0 saturated heterocycles. The SMILES string of the molecule is CC(C)C[C@H](NC(=O)[C@H](CC(=O)O)NC(=O)[C@H](Cc1ccc(O)cc1)NC(=O)CNC(=O)CNC(=O)CNC(=O)CN)C(=O)N[C@@H](CC(N)=O)C(=O)NCC(=O)NCC(=O)NCC(=O)N[C@H](C(=O)NCC(=O)O)C(C)C. The van der Waals surface area contributed by atoms with E-state index in [9.17, 15) is 82.1 Å². The molecule has 0 spiro atoms. The highest BCUT2D eigenvalue weighted by Gasteiger charge is 2.34. The molecule has 32 nitrogen and oxygen atoms in total. The number of amides is 13. The molecular formula is C44H66N14O18. The zero-order valence-electron chi connectivity index (χ0n) is 42.0. The normalized spacial score (nSPS) is 12.6. The molecule has 19 N–H and O–H groups in total. The van der Waals surface area contributed by atoms with Crippen molar-refractivity contribution >= 4 is 88.7 Å². The smallest absolute Gasteiger partial charge is 0.322 e. The van der Waals surface area contributed by atoms with Crippen LogP contribution in [0.3, 0.4) is 0 Å². The van der Waals surface area contributed by atoms with Gasteiger partial charge in [0, 0.05) is 6.42 Å². The number of carboxylic acid groups (broad SMARTS) is 2. The Labute approximate surface area is 433 Å². The van der Waals surface area contributed by atoms with Crippen LogP contribution in [-0.4, -0.2) is 187 Å². The number of carbonyl (C=O) groups excluding carboxylic acids is 13. The number of nitrogens with one attached hydrogen (secondary N) is 12. The standard InChI is InChI=1S/C44H66N14O18/c1-21(2)9-25(41(73)56-27(11-29(46)60)40(72)52-17-34(65)49-16-33(64)51-19-36(67)58-39(22(3)4)44(76)53-20-38(70)71)55-43(75)28(12-37(68)69)57-42(74)26(10-23-5-7-24(59)8-6-23)54-35(66)18-50-32(63)15-48-31(62)14-47-30(61)13-45/h5-8,21-22,25-28,39,59H,9-20,45H2,1-4H3,(H2,46,60)(H,47,61)(H,48,62)(H,49,65)(H,50,63)(H,51,64)(H,52,72)(H,53,76)(H,54,66)(H,55,75)(H,56,73)(H,57,74)(H,58,67)(H,68,69)(H,70,71)/t25-,26-,27-,28-,39-/m0/s1. The average Bonchev–Trinajstić information content (AvgIpc) is 3.34. The molecule has 0 heterocycles. The van der Waals surface area contributed by atoms with Crippen LogP contribution < -0.4 is 75.3 Å². The molecule has 0 saturated carbocycles. The molecule has 0 fully saturated rings. The Morgan fingerprint density at radius 3 is 1.30 bits per heavy atom. The Balaban J connectivity index is 3.07. The van der Waals surface area contributed by atoms with Crippen LogP contribution in [0.25, 0.3) is 0 Å². The second-order valence-corrected chi connectivity index (χ2v) is 17.3. The summed E-state index contributed by atoms with van der Waals surface area (Å²) in [6, 6.07) is -2.70. The fraction of sp³-hybridized carbons (Fsp3) is 0.523. The van der Waals surface area contributed by atoms with Crippen molar-refractivity contribution in [2.75, 3.05) is 52.4 Å². The fourth-order valence-corrected chi connectivity index (χ4v) is 6.18. The number of benzene rings is 1. The Hall–Kier alpha value is -8.97. The molecule has 76 heavy (non-hydrogen) atoms. The third-order valence-electron chi connectivity index (χ3n) is 9.94. The average molecular weight is 1080 g/mol. The fourth-order valence-electron chi connectivity index (χ4n) is 6.18. The van der Waals surface area contributed by atoms with Crippen molar-refractivity contribution in [3.8, 4) is 5.75 Å². The van der Waals surface area contributed by atoms with E-state index < -0.39 is 184 Å². The number of phenols is 1. The number of aliphatic carboxylic acids is 2. The van der Waals surface area contributed by atoms with E-state index in [2.05, 4.69) is 63.8 Å². The molecule has 0 aliphatic rings. The van der Waals surface area contributed by atoms with Crippen LogP contribution in [0.2, 0.25) is 0 Å². The molecule has 0 radical (unpaired) electrons. The van der Waals surface area contributed by atoms with Crippen LogP contribution in [0.5, 0.6) is 5.75 Å². The van der Waals surface area contributed by atoms with Gasteiger partial charge in [-0.2, -0.15) is 0 Å². The lowest BCUT2D eigenvalue weighted by molar-refractivity contribution is -0.141. The predicted octanol–water partition coefficient (Wildman–Crippen LogP) is -8.73. The molecule has 1 aromatic rings. The first-order valence-corrected chi connectivity index (χ1v) is 23.2. The molecule has 0 aliphatic heterocycles. The number of hydrogen-bond donors (Lipinski definition) is 17. The monoisotopic (exact) mass is 1080 g/mol. The topological polar surface area (TPSA) is 513 Å². The van der Waals surface area contributed by atoms with Crippen LogP contribution >= 0.6 is 0 Å². The number of rotatable bonds is 34. The van der Waals surface area contributed by atoms with E-state index in [0.29, 0.717) is 5.56 Å². The van der Waals surface area contributed by atoms with E-state index in [-0.39, 0.29) is 31.1 Å². The zero-order chi connectivity index (χ0) is 57.7. The molecule has 1 rings (SSSR count). The lowest BCUT2D eigenvalue weighted by Crippen LogP contribution is -2.59. The molecule has 5 atom stereocenters. The number of nitrogens with two attached hydrogens (primary N) is 2. The van der Waals surface area contributed by atoms with Gasteiger partial charge in [-0.15, -0.1) is 0 Å². The quantitative estimate of drug-likeness (QED) is 0.0305. The maximum absolute atomic E-state index is 13.8. The summed E-state index contributed by atoms with van der Waals surface area (Å²) in [5.41, 5.74) is 10.8. The molecule has 420 valence electrons. The van der Waals surface area contributed by atoms with Gasteiger partial charge in [0.05, 0.1) is 58.7 Å². The summed E-state index contributed by atoms with van der Waals surface area (Å²) in [6.45, 7) is 1.28. The lowest BCUT2D eigenvalue weighted by atomic mass is 10.0. The Morgan fingerprint density at radius 2 is 0.855 bits per heavy atom. The summed E-state index contributed by atoms with van der Waals surface area (Å²) in [5.74, 6) is -16.3. The van der Waals surface area contributed by atoms with Crippen LogP contribution in [-0.2, 0) is 78.3 Å². The van der Waals surface area contributed by atoms with E-state index in [1.165, 1.54) is 24.3 Å². The minimum Gasteiger partial charge on any atom is -0.508 e. The largest absolute Gasteiger partial charge is 0.508 e. The second-order valence-electron chi connectivity index (χ2n) is 17.3. The third kappa shape index (κ3) is 27.7. The number of carboxylic acids is 2. The van der Waals surface area contributed by atoms with Gasteiger partial charge in [-0.1, -0.05) is 39.8 Å². The maximum atomic E-state index is 13.8. The number of aromatic hydroxyl groups is 1. The lowest BCUT2D eigenvalue weighted by Gasteiger charge is -2.26. The first-order chi connectivity index (χ1) is 35.6. The summed E-state index contributed by atoms with van der Waals surface area (Å²) < 4.78 is 0. The Kier molecular flexibility index (Phi) is 28.8. The third-order valence-corrected chi connectivity index (χ3v) is 9.94. The Bertz CT molecular complexity index is 2300. The summed E-state index contributed by atoms with van der Waals surface area (Å²) in [7, 11) is 0.